The molecule has 2 aromatic carbocycles. The van der Waals surface area contributed by atoms with E-state index in [9.17, 15) is 9.59 Å². The molecule has 7 nitrogen and oxygen atoms in total. The fourth-order valence-electron chi connectivity index (χ4n) is 5.19. The number of aromatic nitrogens is 1. The maximum Gasteiger partial charge on any atom is 0.237 e. The van der Waals surface area contributed by atoms with Crippen molar-refractivity contribution >= 4 is 22.7 Å². The van der Waals surface area contributed by atoms with Gasteiger partial charge in [-0.15, -0.1) is 0 Å². The summed E-state index contributed by atoms with van der Waals surface area (Å²) in [6.07, 6.45) is 0.621. The minimum atomic E-state index is -0.528. The van der Waals surface area contributed by atoms with Crippen molar-refractivity contribution in [2.24, 2.45) is 5.92 Å². The molecule has 2 amide bonds. The number of fused-ring (bicyclic) bond motifs is 5. The van der Waals surface area contributed by atoms with Crippen molar-refractivity contribution in [3.63, 3.8) is 0 Å². The summed E-state index contributed by atoms with van der Waals surface area (Å²) in [5.74, 6) is 0.500. The summed E-state index contributed by atoms with van der Waals surface area (Å²) in [6, 6.07) is 11.5. The Labute approximate surface area is 179 Å². The molecule has 1 fully saturated rings. The highest BCUT2D eigenvalue weighted by Gasteiger charge is 2.54. The molecule has 160 valence electrons. The second-order valence-electron chi connectivity index (χ2n) is 8.09. The number of carbonyl (C=O) groups excluding carboxylic acids is 2. The lowest BCUT2D eigenvalue weighted by molar-refractivity contribution is -0.138. The zero-order valence-electron chi connectivity index (χ0n) is 17.9. The van der Waals surface area contributed by atoms with Crippen LogP contribution in [0.4, 0.5) is 0 Å². The van der Waals surface area contributed by atoms with Gasteiger partial charge in [-0.2, -0.15) is 0 Å². The maximum absolute atomic E-state index is 13.2. The first kappa shape index (κ1) is 19.5. The molecule has 2 heterocycles. The Morgan fingerprint density at radius 1 is 0.935 bits per heavy atom. The van der Waals surface area contributed by atoms with E-state index in [1.807, 2.05) is 36.4 Å². The van der Waals surface area contributed by atoms with Crippen molar-refractivity contribution < 1.29 is 23.8 Å². The third-order valence-electron chi connectivity index (χ3n) is 6.70. The number of imide groups is 1. The molecule has 0 radical (unpaired) electrons. The first-order chi connectivity index (χ1) is 15.0. The molecular formula is C24H24N2O5. The summed E-state index contributed by atoms with van der Waals surface area (Å²) in [5.41, 5.74) is 3.79. The van der Waals surface area contributed by atoms with Gasteiger partial charge in [-0.1, -0.05) is 6.07 Å². The number of H-pyrrole nitrogens is 1. The molecule has 3 atom stereocenters. The van der Waals surface area contributed by atoms with E-state index in [0.29, 0.717) is 17.9 Å². The molecule has 0 saturated carbocycles. The number of amides is 2. The molecule has 5 rings (SSSR count). The van der Waals surface area contributed by atoms with E-state index in [4.69, 9.17) is 14.2 Å². The third-order valence-corrected chi connectivity index (χ3v) is 6.70. The van der Waals surface area contributed by atoms with Gasteiger partial charge in [0.15, 0.2) is 11.5 Å². The Balaban J connectivity index is 1.70. The Morgan fingerprint density at radius 3 is 2.42 bits per heavy atom. The van der Waals surface area contributed by atoms with Crippen LogP contribution in [0.2, 0.25) is 0 Å². The number of carbonyl (C=O) groups is 2. The van der Waals surface area contributed by atoms with Gasteiger partial charge in [-0.25, -0.2) is 0 Å². The summed E-state index contributed by atoms with van der Waals surface area (Å²) in [5, 5.41) is 0.937. The van der Waals surface area contributed by atoms with Crippen LogP contribution in [0.1, 0.15) is 28.7 Å². The summed E-state index contributed by atoms with van der Waals surface area (Å²) in [4.78, 5) is 31.2. The van der Waals surface area contributed by atoms with Gasteiger partial charge in [-0.3, -0.25) is 14.5 Å². The molecule has 1 saturated heterocycles. The number of likely N-dealkylation sites (N-methyl/N-ethyl adjacent to an activating group) is 1. The largest absolute Gasteiger partial charge is 0.497 e. The highest BCUT2D eigenvalue weighted by molar-refractivity contribution is 6.10. The number of nitrogens with zero attached hydrogens (tertiary/aromatic N) is 1. The average Bonchev–Trinajstić information content (AvgIpc) is 3.27. The minimum Gasteiger partial charge on any atom is -0.497 e. The van der Waals surface area contributed by atoms with Crippen LogP contribution < -0.4 is 14.2 Å². The number of hydrogen-bond acceptors (Lipinski definition) is 5. The van der Waals surface area contributed by atoms with Gasteiger partial charge in [0, 0.05) is 29.6 Å². The van der Waals surface area contributed by atoms with Gasteiger partial charge in [-0.05, 0) is 47.9 Å². The predicted molar refractivity (Wildman–Crippen MR) is 115 cm³/mol. The van der Waals surface area contributed by atoms with Gasteiger partial charge in [0.2, 0.25) is 11.8 Å². The van der Waals surface area contributed by atoms with E-state index >= 15 is 0 Å². The highest BCUT2D eigenvalue weighted by Crippen LogP contribution is 2.52. The van der Waals surface area contributed by atoms with E-state index in [2.05, 4.69) is 4.98 Å². The SMILES string of the molecule is COc1ccc2[nH]c3c(c2c1)[C@H]1C(=O)N(C)C(=O)[C@H]1[C@@H](c1ccc(OC)c(OC)c1)C3. The lowest BCUT2D eigenvalue weighted by Gasteiger charge is -2.31. The maximum atomic E-state index is 13.2. The Kier molecular flexibility index (Phi) is 4.43. The topological polar surface area (TPSA) is 80.9 Å². The Bertz CT molecular complexity index is 1210. The first-order valence-electron chi connectivity index (χ1n) is 10.2. The Morgan fingerprint density at radius 2 is 1.71 bits per heavy atom. The monoisotopic (exact) mass is 420 g/mol. The zero-order valence-corrected chi connectivity index (χ0v) is 17.9. The second kappa shape index (κ2) is 7.04. The molecule has 3 aromatic rings. The van der Waals surface area contributed by atoms with Crippen molar-refractivity contribution in [3.05, 3.63) is 53.2 Å². The summed E-state index contributed by atoms with van der Waals surface area (Å²) in [7, 11) is 6.37. The van der Waals surface area contributed by atoms with Crippen LogP contribution in [0.25, 0.3) is 10.9 Å². The van der Waals surface area contributed by atoms with E-state index in [1.54, 1.807) is 28.4 Å². The van der Waals surface area contributed by atoms with Gasteiger partial charge in [0.05, 0.1) is 33.2 Å². The fraction of sp³-hybridized carbons (Fsp3) is 0.333. The average molecular weight is 420 g/mol. The van der Waals surface area contributed by atoms with E-state index < -0.39 is 11.8 Å². The van der Waals surface area contributed by atoms with Crippen LogP contribution in [0.15, 0.2) is 36.4 Å². The zero-order chi connectivity index (χ0) is 21.9. The lowest BCUT2D eigenvalue weighted by atomic mass is 9.69. The highest BCUT2D eigenvalue weighted by atomic mass is 16.5. The molecule has 31 heavy (non-hydrogen) atoms. The number of ether oxygens (including phenoxy) is 3. The van der Waals surface area contributed by atoms with Crippen molar-refractivity contribution in [2.75, 3.05) is 28.4 Å². The number of methoxy groups -OCH3 is 3. The molecule has 1 aliphatic carbocycles. The van der Waals surface area contributed by atoms with Crippen LogP contribution in [0.3, 0.4) is 0 Å². The molecule has 1 aromatic heterocycles. The van der Waals surface area contributed by atoms with Crippen LogP contribution in [-0.2, 0) is 16.0 Å². The quantitative estimate of drug-likeness (QED) is 0.656. The lowest BCUT2D eigenvalue weighted by Crippen LogP contribution is -2.31. The smallest absolute Gasteiger partial charge is 0.237 e. The van der Waals surface area contributed by atoms with Crippen molar-refractivity contribution in [1.29, 1.82) is 0 Å². The van der Waals surface area contributed by atoms with E-state index in [1.165, 1.54) is 4.90 Å². The minimum absolute atomic E-state index is 0.141. The van der Waals surface area contributed by atoms with Gasteiger partial charge < -0.3 is 19.2 Å². The molecule has 1 N–H and O–H groups in total. The number of likely N-dealkylation sites (tertiary alicyclic amines) is 1. The molecule has 0 unspecified atom stereocenters. The van der Waals surface area contributed by atoms with Crippen LogP contribution in [-0.4, -0.2) is 50.1 Å². The number of rotatable bonds is 4. The molecule has 1 aliphatic heterocycles. The van der Waals surface area contributed by atoms with E-state index in [0.717, 1.165) is 33.5 Å². The molecule has 2 aliphatic rings. The third kappa shape index (κ3) is 2.72. The van der Waals surface area contributed by atoms with Crippen molar-refractivity contribution in [1.82, 2.24) is 9.88 Å². The van der Waals surface area contributed by atoms with Gasteiger partial charge in [0.25, 0.3) is 0 Å². The van der Waals surface area contributed by atoms with Gasteiger partial charge in [0.1, 0.15) is 5.75 Å². The van der Waals surface area contributed by atoms with Crippen LogP contribution in [0, 0.1) is 5.92 Å². The number of hydrogen-bond donors (Lipinski definition) is 1. The fourth-order valence-corrected chi connectivity index (χ4v) is 5.19. The van der Waals surface area contributed by atoms with Crippen molar-refractivity contribution in [2.45, 2.75) is 18.3 Å². The predicted octanol–water partition coefficient (Wildman–Crippen LogP) is 3.23. The summed E-state index contributed by atoms with van der Waals surface area (Å²) >= 11 is 0. The van der Waals surface area contributed by atoms with Crippen LogP contribution >= 0.6 is 0 Å². The number of aromatic amines is 1. The molecular weight excluding hydrogens is 396 g/mol. The first-order valence-corrected chi connectivity index (χ1v) is 10.2. The standard InChI is InChI=1S/C24H24N2O5/c1-26-23(27)21-14(12-5-8-18(30-3)19(9-12)31-4)11-17-20(22(21)24(26)28)15-10-13(29-2)6-7-16(15)25-17/h5-10,14,21-22,25H,11H2,1-4H3/t14-,21+,22-/m1/s1. The molecule has 7 heteroatoms. The normalized spacial score (nSPS) is 22.5. The Hall–Kier alpha value is -3.48. The van der Waals surface area contributed by atoms with E-state index in [-0.39, 0.29) is 17.7 Å². The molecule has 0 bridgehead atoms. The number of benzene rings is 2. The summed E-state index contributed by atoms with van der Waals surface area (Å²) < 4.78 is 16.2. The summed E-state index contributed by atoms with van der Waals surface area (Å²) in [6.45, 7) is 0. The van der Waals surface area contributed by atoms with Crippen molar-refractivity contribution in [3.8, 4) is 17.2 Å². The second-order valence-corrected chi connectivity index (χ2v) is 8.09. The van der Waals surface area contributed by atoms with Crippen LogP contribution in [0.5, 0.6) is 17.2 Å². The van der Waals surface area contributed by atoms with Gasteiger partial charge >= 0.3 is 0 Å². The number of nitrogens with one attached hydrogen (secondary N) is 1. The molecule has 0 spiro atoms.